The van der Waals surface area contributed by atoms with Crippen molar-refractivity contribution in [1.29, 1.82) is 0 Å². The quantitative estimate of drug-likeness (QED) is 0.897. The third-order valence-corrected chi connectivity index (χ3v) is 5.50. The summed E-state index contributed by atoms with van der Waals surface area (Å²) in [6.07, 6.45) is 9.44. The second kappa shape index (κ2) is 5.77. The zero-order chi connectivity index (χ0) is 14.0. The molecule has 0 aromatic heterocycles. The van der Waals surface area contributed by atoms with E-state index in [0.29, 0.717) is 17.6 Å². The first-order valence-corrected chi connectivity index (χ1v) is 8.21. The van der Waals surface area contributed by atoms with Gasteiger partial charge in [0.15, 0.2) is 0 Å². The van der Waals surface area contributed by atoms with Crippen LogP contribution in [0.3, 0.4) is 0 Å². The van der Waals surface area contributed by atoms with Gasteiger partial charge in [-0.3, -0.25) is 0 Å². The molecule has 0 aliphatic heterocycles. The van der Waals surface area contributed by atoms with Gasteiger partial charge in [0, 0.05) is 17.9 Å². The molecule has 20 heavy (non-hydrogen) atoms. The van der Waals surface area contributed by atoms with E-state index in [9.17, 15) is 0 Å². The fourth-order valence-electron chi connectivity index (χ4n) is 4.20. The molecule has 1 aromatic rings. The van der Waals surface area contributed by atoms with Crippen molar-refractivity contribution in [3.05, 3.63) is 29.8 Å². The lowest BCUT2D eigenvalue weighted by molar-refractivity contribution is -0.100. The molecule has 1 aromatic carbocycles. The smallest absolute Gasteiger partial charge is 0.120 e. The van der Waals surface area contributed by atoms with Gasteiger partial charge in [-0.25, -0.2) is 0 Å². The van der Waals surface area contributed by atoms with Crippen molar-refractivity contribution < 1.29 is 4.74 Å². The van der Waals surface area contributed by atoms with E-state index in [1.54, 1.807) is 0 Å². The zero-order valence-electron chi connectivity index (χ0n) is 12.8. The van der Waals surface area contributed by atoms with Crippen molar-refractivity contribution in [3.63, 3.8) is 0 Å². The van der Waals surface area contributed by atoms with Crippen LogP contribution in [0.25, 0.3) is 0 Å². The molecule has 2 aliphatic rings. The van der Waals surface area contributed by atoms with Crippen molar-refractivity contribution in [2.75, 3.05) is 7.05 Å². The second-order valence-electron chi connectivity index (χ2n) is 6.48. The molecule has 110 valence electrons. The number of aryl methyl sites for hydroxylation is 1. The fraction of sp³-hybridized carbons (Fsp3) is 0.667. The molecule has 1 N–H and O–H groups in total. The number of benzene rings is 1. The van der Waals surface area contributed by atoms with Crippen molar-refractivity contribution in [2.45, 2.75) is 64.0 Å². The van der Waals surface area contributed by atoms with Gasteiger partial charge in [-0.15, -0.1) is 0 Å². The Labute approximate surface area is 122 Å². The molecule has 0 saturated heterocycles. The van der Waals surface area contributed by atoms with Crippen LogP contribution in [-0.4, -0.2) is 19.2 Å². The predicted octanol–water partition coefficient (Wildman–Crippen LogP) is 3.94. The molecular formula is C18H27NO. The average molecular weight is 273 g/mol. The number of rotatable bonds is 4. The Hall–Kier alpha value is -1.02. The Kier molecular flexibility index (Phi) is 4.02. The molecule has 2 nitrogen and oxygen atoms in total. The van der Waals surface area contributed by atoms with Crippen LogP contribution in [-0.2, 0) is 6.42 Å². The van der Waals surface area contributed by atoms with Crippen molar-refractivity contribution in [3.8, 4) is 5.75 Å². The molecule has 2 atom stereocenters. The maximum absolute atomic E-state index is 6.38. The van der Waals surface area contributed by atoms with Gasteiger partial charge in [-0.1, -0.05) is 38.3 Å². The second-order valence-corrected chi connectivity index (χ2v) is 6.48. The van der Waals surface area contributed by atoms with Crippen LogP contribution in [0.4, 0.5) is 0 Å². The van der Waals surface area contributed by atoms with Crippen LogP contribution in [0.15, 0.2) is 24.3 Å². The Morgan fingerprint density at radius 2 is 2.05 bits per heavy atom. The van der Waals surface area contributed by atoms with Crippen LogP contribution in [0, 0.1) is 5.41 Å². The summed E-state index contributed by atoms with van der Waals surface area (Å²) in [6.45, 7) is 2.20. The maximum Gasteiger partial charge on any atom is 0.120 e. The minimum absolute atomic E-state index is 0.398. The topological polar surface area (TPSA) is 21.3 Å². The largest absolute Gasteiger partial charge is 0.490 e. The van der Waals surface area contributed by atoms with Crippen LogP contribution < -0.4 is 10.1 Å². The molecule has 3 rings (SSSR count). The number of hydrogen-bond acceptors (Lipinski definition) is 2. The van der Waals surface area contributed by atoms with E-state index in [-0.39, 0.29) is 0 Å². The van der Waals surface area contributed by atoms with Crippen molar-refractivity contribution in [1.82, 2.24) is 5.32 Å². The summed E-state index contributed by atoms with van der Waals surface area (Å²) in [7, 11) is 2.11. The molecule has 2 aliphatic carbocycles. The van der Waals surface area contributed by atoms with E-state index in [1.807, 2.05) is 0 Å². The van der Waals surface area contributed by atoms with E-state index in [4.69, 9.17) is 4.74 Å². The average Bonchev–Trinajstić information content (AvgIpc) is 2.52. The number of hydrogen-bond donors (Lipinski definition) is 1. The summed E-state index contributed by atoms with van der Waals surface area (Å²) >= 11 is 0. The van der Waals surface area contributed by atoms with Gasteiger partial charge in [-0.2, -0.15) is 0 Å². The molecular weight excluding hydrogens is 246 g/mol. The minimum atomic E-state index is 0.398. The maximum atomic E-state index is 6.38. The van der Waals surface area contributed by atoms with Gasteiger partial charge in [0.05, 0.1) is 0 Å². The molecule has 0 radical (unpaired) electrons. The van der Waals surface area contributed by atoms with Crippen molar-refractivity contribution in [2.24, 2.45) is 5.41 Å². The lowest BCUT2D eigenvalue weighted by Crippen LogP contribution is -2.64. The Bertz CT molecular complexity index is 450. The highest BCUT2D eigenvalue weighted by atomic mass is 16.5. The molecule has 2 unspecified atom stereocenters. The van der Waals surface area contributed by atoms with Gasteiger partial charge in [-0.05, 0) is 44.0 Å². The summed E-state index contributed by atoms with van der Waals surface area (Å²) in [4.78, 5) is 0. The molecule has 0 heterocycles. The van der Waals surface area contributed by atoms with E-state index in [1.165, 1.54) is 37.7 Å². The van der Waals surface area contributed by atoms with Crippen molar-refractivity contribution >= 4 is 0 Å². The highest BCUT2D eigenvalue weighted by Gasteiger charge is 2.55. The van der Waals surface area contributed by atoms with Crippen LogP contribution in [0.1, 0.15) is 51.0 Å². The first-order valence-electron chi connectivity index (χ1n) is 8.21. The van der Waals surface area contributed by atoms with Gasteiger partial charge < -0.3 is 10.1 Å². The van der Waals surface area contributed by atoms with Crippen LogP contribution in [0.5, 0.6) is 5.75 Å². The summed E-state index contributed by atoms with van der Waals surface area (Å²) in [5.41, 5.74) is 1.76. The molecule has 2 saturated carbocycles. The van der Waals surface area contributed by atoms with Gasteiger partial charge in [0.1, 0.15) is 11.9 Å². The zero-order valence-corrected chi connectivity index (χ0v) is 12.8. The monoisotopic (exact) mass is 273 g/mol. The lowest BCUT2D eigenvalue weighted by Gasteiger charge is -2.57. The number of ether oxygens (including phenoxy) is 1. The highest BCUT2D eigenvalue weighted by Crippen LogP contribution is 2.53. The van der Waals surface area contributed by atoms with E-state index in [2.05, 4.69) is 43.6 Å². The van der Waals surface area contributed by atoms with Crippen LogP contribution in [0.2, 0.25) is 0 Å². The third kappa shape index (κ3) is 2.35. The molecule has 1 spiro atoms. The predicted molar refractivity (Wildman–Crippen MR) is 83.2 cm³/mol. The van der Waals surface area contributed by atoms with Gasteiger partial charge >= 0.3 is 0 Å². The summed E-state index contributed by atoms with van der Waals surface area (Å²) in [5.74, 6) is 1.06. The molecule has 0 amide bonds. The van der Waals surface area contributed by atoms with E-state index < -0.39 is 0 Å². The van der Waals surface area contributed by atoms with Gasteiger partial charge in [0.2, 0.25) is 0 Å². The first-order chi connectivity index (χ1) is 9.78. The summed E-state index contributed by atoms with van der Waals surface area (Å²) in [6, 6.07) is 9.28. The Morgan fingerprint density at radius 3 is 2.75 bits per heavy atom. The fourth-order valence-corrected chi connectivity index (χ4v) is 4.20. The standard InChI is InChI=1S/C18H27NO/c1-3-14-8-7-9-15(12-14)20-17-13-16(19-2)18(17)10-5-4-6-11-18/h7-9,12,16-17,19H,3-6,10-11,13H2,1-2H3. The molecule has 0 bridgehead atoms. The normalized spacial score (nSPS) is 28.1. The summed E-state index contributed by atoms with van der Waals surface area (Å²) < 4.78 is 6.38. The first kappa shape index (κ1) is 13.9. The molecule has 2 fully saturated rings. The Balaban J connectivity index is 1.73. The number of nitrogens with one attached hydrogen (secondary N) is 1. The third-order valence-electron chi connectivity index (χ3n) is 5.50. The minimum Gasteiger partial charge on any atom is -0.490 e. The van der Waals surface area contributed by atoms with E-state index in [0.717, 1.165) is 18.6 Å². The van der Waals surface area contributed by atoms with E-state index >= 15 is 0 Å². The molecule has 2 heteroatoms. The van der Waals surface area contributed by atoms with Crippen LogP contribution >= 0.6 is 0 Å². The highest BCUT2D eigenvalue weighted by molar-refractivity contribution is 5.29. The summed E-state index contributed by atoms with van der Waals surface area (Å²) in [5, 5.41) is 3.52. The van der Waals surface area contributed by atoms with Gasteiger partial charge in [0.25, 0.3) is 0 Å². The lowest BCUT2D eigenvalue weighted by atomic mass is 9.55. The Morgan fingerprint density at radius 1 is 1.25 bits per heavy atom. The SMILES string of the molecule is CCc1cccc(OC2CC(NC)C23CCCCC3)c1.